The summed E-state index contributed by atoms with van der Waals surface area (Å²) in [5, 5.41) is 3.30. The number of aryl methyl sites for hydroxylation is 1. The highest BCUT2D eigenvalue weighted by Crippen LogP contribution is 2.20. The Labute approximate surface area is 209 Å². The number of rotatable bonds is 9. The van der Waals surface area contributed by atoms with E-state index >= 15 is 0 Å². The number of hydrogen-bond donors (Lipinski definition) is 1. The van der Waals surface area contributed by atoms with Crippen LogP contribution in [0.3, 0.4) is 0 Å². The summed E-state index contributed by atoms with van der Waals surface area (Å²) in [6, 6.07) is 27.7. The molecule has 0 saturated heterocycles. The monoisotopic (exact) mass is 468 g/mol. The van der Waals surface area contributed by atoms with Crippen molar-refractivity contribution in [3.05, 3.63) is 107 Å². The second kappa shape index (κ2) is 12.3. The summed E-state index contributed by atoms with van der Waals surface area (Å²) >= 11 is 0. The molecule has 1 aliphatic carbocycles. The van der Waals surface area contributed by atoms with E-state index in [9.17, 15) is 9.59 Å². The van der Waals surface area contributed by atoms with Crippen molar-refractivity contribution in [1.29, 1.82) is 0 Å². The van der Waals surface area contributed by atoms with Crippen molar-refractivity contribution >= 4 is 11.8 Å². The van der Waals surface area contributed by atoms with Gasteiger partial charge in [0.05, 0.1) is 6.42 Å². The molecule has 3 aromatic rings. The smallest absolute Gasteiger partial charge is 0.243 e. The molecule has 0 bridgehead atoms. The summed E-state index contributed by atoms with van der Waals surface area (Å²) in [5.74, 6) is -0.0780. The van der Waals surface area contributed by atoms with Crippen LogP contribution in [0.5, 0.6) is 0 Å². The number of carbonyl (C=O) groups is 2. The topological polar surface area (TPSA) is 49.4 Å². The Morgan fingerprint density at radius 2 is 1.40 bits per heavy atom. The van der Waals surface area contributed by atoms with Gasteiger partial charge in [0.1, 0.15) is 6.04 Å². The summed E-state index contributed by atoms with van der Waals surface area (Å²) in [5.41, 5.74) is 4.21. The second-order valence-corrected chi connectivity index (χ2v) is 9.72. The maximum atomic E-state index is 13.8. The van der Waals surface area contributed by atoms with E-state index in [1.807, 2.05) is 60.7 Å². The molecule has 4 rings (SSSR count). The highest BCUT2D eigenvalue weighted by Gasteiger charge is 2.31. The molecule has 0 unspecified atom stereocenters. The first kappa shape index (κ1) is 24.7. The molecule has 35 heavy (non-hydrogen) atoms. The van der Waals surface area contributed by atoms with E-state index in [1.165, 1.54) is 12.0 Å². The van der Waals surface area contributed by atoms with Crippen molar-refractivity contribution in [3.63, 3.8) is 0 Å². The molecule has 4 heteroatoms. The molecule has 1 aliphatic rings. The zero-order valence-electron chi connectivity index (χ0n) is 20.7. The van der Waals surface area contributed by atoms with Gasteiger partial charge >= 0.3 is 0 Å². The fourth-order valence-electron chi connectivity index (χ4n) is 4.86. The Bertz CT molecular complexity index is 1070. The Morgan fingerprint density at radius 3 is 2.03 bits per heavy atom. The number of hydrogen-bond acceptors (Lipinski definition) is 2. The summed E-state index contributed by atoms with van der Waals surface area (Å²) in [6.07, 6.45) is 6.32. The molecular weight excluding hydrogens is 432 g/mol. The molecule has 1 saturated carbocycles. The minimum Gasteiger partial charge on any atom is -0.352 e. The third-order valence-corrected chi connectivity index (χ3v) is 6.89. The molecule has 0 radical (unpaired) electrons. The quantitative estimate of drug-likeness (QED) is 0.443. The van der Waals surface area contributed by atoms with Crippen LogP contribution in [0.4, 0.5) is 0 Å². The maximum absolute atomic E-state index is 13.8. The lowest BCUT2D eigenvalue weighted by atomic mass is 9.94. The van der Waals surface area contributed by atoms with Crippen molar-refractivity contribution in [2.45, 2.75) is 70.5 Å². The third-order valence-electron chi connectivity index (χ3n) is 6.89. The lowest BCUT2D eigenvalue weighted by Gasteiger charge is -2.33. The SMILES string of the molecule is Cc1ccc(CN(C(=O)Cc2ccccc2)[C@H](Cc2ccccc2)C(=O)NC2CCCCC2)cc1. The van der Waals surface area contributed by atoms with Crippen molar-refractivity contribution in [2.24, 2.45) is 0 Å². The van der Waals surface area contributed by atoms with Crippen LogP contribution < -0.4 is 5.32 Å². The molecule has 182 valence electrons. The molecule has 0 aliphatic heterocycles. The van der Waals surface area contributed by atoms with Gasteiger partial charge in [-0.05, 0) is 36.5 Å². The van der Waals surface area contributed by atoms with E-state index in [2.05, 4.69) is 36.5 Å². The standard InChI is InChI=1S/C31H36N2O2/c1-24-17-19-27(20-18-24)23-33(30(34)22-26-13-7-3-8-14-26)29(21-25-11-5-2-6-12-25)31(35)32-28-15-9-4-10-16-28/h2-3,5-8,11-14,17-20,28-29H,4,9-10,15-16,21-23H2,1H3,(H,32,35)/t29-/m1/s1. The maximum Gasteiger partial charge on any atom is 0.243 e. The Kier molecular flexibility index (Phi) is 8.72. The van der Waals surface area contributed by atoms with Gasteiger partial charge in [-0.2, -0.15) is 0 Å². The predicted octanol–water partition coefficient (Wildman–Crippen LogP) is 5.63. The van der Waals surface area contributed by atoms with Crippen LogP contribution >= 0.6 is 0 Å². The summed E-state index contributed by atoms with van der Waals surface area (Å²) in [7, 11) is 0. The number of nitrogens with one attached hydrogen (secondary N) is 1. The van der Waals surface area contributed by atoms with E-state index in [0.717, 1.165) is 42.4 Å². The minimum absolute atomic E-state index is 0.0310. The average molecular weight is 469 g/mol. The van der Waals surface area contributed by atoms with Crippen LogP contribution in [0.2, 0.25) is 0 Å². The van der Waals surface area contributed by atoms with E-state index in [4.69, 9.17) is 0 Å². The molecular formula is C31H36N2O2. The Morgan fingerprint density at radius 1 is 0.800 bits per heavy atom. The van der Waals surface area contributed by atoms with E-state index in [1.54, 1.807) is 4.90 Å². The fourth-order valence-corrected chi connectivity index (χ4v) is 4.86. The molecule has 1 N–H and O–H groups in total. The normalized spacial score (nSPS) is 14.8. The molecule has 0 spiro atoms. The predicted molar refractivity (Wildman–Crippen MR) is 141 cm³/mol. The third kappa shape index (κ3) is 7.29. The highest BCUT2D eigenvalue weighted by atomic mass is 16.2. The van der Waals surface area contributed by atoms with Crippen LogP contribution in [0.15, 0.2) is 84.9 Å². The van der Waals surface area contributed by atoms with Crippen LogP contribution in [0, 0.1) is 6.92 Å². The van der Waals surface area contributed by atoms with Gasteiger partial charge in [-0.1, -0.05) is 110 Å². The van der Waals surface area contributed by atoms with Gasteiger partial charge in [0, 0.05) is 19.0 Å². The second-order valence-electron chi connectivity index (χ2n) is 9.72. The molecule has 0 heterocycles. The van der Waals surface area contributed by atoms with Gasteiger partial charge in [0.25, 0.3) is 0 Å². The average Bonchev–Trinajstić information content (AvgIpc) is 2.89. The first-order valence-corrected chi connectivity index (χ1v) is 12.8. The zero-order chi connectivity index (χ0) is 24.5. The Hall–Kier alpha value is -3.40. The lowest BCUT2D eigenvalue weighted by molar-refractivity contribution is -0.141. The fraction of sp³-hybridized carbons (Fsp3) is 0.355. The van der Waals surface area contributed by atoms with Crippen LogP contribution in [-0.4, -0.2) is 28.8 Å². The highest BCUT2D eigenvalue weighted by molar-refractivity contribution is 5.89. The van der Waals surface area contributed by atoms with Crippen molar-refractivity contribution in [1.82, 2.24) is 10.2 Å². The molecule has 0 aromatic heterocycles. The van der Waals surface area contributed by atoms with E-state index in [-0.39, 0.29) is 24.3 Å². The van der Waals surface area contributed by atoms with Gasteiger partial charge in [-0.15, -0.1) is 0 Å². The van der Waals surface area contributed by atoms with E-state index < -0.39 is 6.04 Å². The first-order chi connectivity index (χ1) is 17.1. The number of carbonyl (C=O) groups excluding carboxylic acids is 2. The van der Waals surface area contributed by atoms with Crippen molar-refractivity contribution in [2.75, 3.05) is 0 Å². The molecule has 4 nitrogen and oxygen atoms in total. The Balaban J connectivity index is 1.63. The number of amides is 2. The summed E-state index contributed by atoms with van der Waals surface area (Å²) < 4.78 is 0. The lowest BCUT2D eigenvalue weighted by Crippen LogP contribution is -2.53. The van der Waals surface area contributed by atoms with Crippen LogP contribution in [0.1, 0.15) is 54.4 Å². The van der Waals surface area contributed by atoms with Gasteiger partial charge < -0.3 is 10.2 Å². The molecule has 1 fully saturated rings. The molecule has 2 amide bonds. The minimum atomic E-state index is -0.572. The van der Waals surface area contributed by atoms with Crippen LogP contribution in [-0.2, 0) is 29.0 Å². The van der Waals surface area contributed by atoms with Gasteiger partial charge in [0.2, 0.25) is 11.8 Å². The van der Waals surface area contributed by atoms with Crippen LogP contribution in [0.25, 0.3) is 0 Å². The van der Waals surface area contributed by atoms with Gasteiger partial charge in [0.15, 0.2) is 0 Å². The summed E-state index contributed by atoms with van der Waals surface area (Å²) in [6.45, 7) is 2.46. The largest absolute Gasteiger partial charge is 0.352 e. The number of benzene rings is 3. The van der Waals surface area contributed by atoms with E-state index in [0.29, 0.717) is 13.0 Å². The number of nitrogens with zero attached hydrogens (tertiary/aromatic N) is 1. The molecule has 1 atom stereocenters. The van der Waals surface area contributed by atoms with Crippen molar-refractivity contribution < 1.29 is 9.59 Å². The zero-order valence-corrected chi connectivity index (χ0v) is 20.7. The first-order valence-electron chi connectivity index (χ1n) is 12.8. The van der Waals surface area contributed by atoms with Gasteiger partial charge in [-0.25, -0.2) is 0 Å². The summed E-state index contributed by atoms with van der Waals surface area (Å²) in [4.78, 5) is 29.3. The van der Waals surface area contributed by atoms with Gasteiger partial charge in [-0.3, -0.25) is 9.59 Å². The van der Waals surface area contributed by atoms with Crippen molar-refractivity contribution in [3.8, 4) is 0 Å². The molecule has 3 aromatic carbocycles.